The number of furan rings is 1. The molecule has 1 aliphatic rings. The zero-order valence-electron chi connectivity index (χ0n) is 8.14. The van der Waals surface area contributed by atoms with Crippen LogP contribution in [0.25, 0.3) is 0 Å². The van der Waals surface area contributed by atoms with Crippen LogP contribution in [-0.2, 0) is 16.1 Å². The maximum atomic E-state index is 10.5. The molecule has 0 spiro atoms. The van der Waals surface area contributed by atoms with Crippen molar-refractivity contribution < 1.29 is 23.8 Å². The van der Waals surface area contributed by atoms with Crippen LogP contribution in [-0.4, -0.2) is 30.4 Å². The Balaban J connectivity index is 1.84. The lowest BCUT2D eigenvalue weighted by atomic mass is 10.3. The van der Waals surface area contributed by atoms with E-state index in [-0.39, 0.29) is 11.9 Å². The Morgan fingerprint density at radius 1 is 1.60 bits per heavy atom. The summed E-state index contributed by atoms with van der Waals surface area (Å²) >= 11 is 0. The lowest BCUT2D eigenvalue weighted by molar-refractivity contribution is 0.0226. The Labute approximate surface area is 86.6 Å². The molecule has 0 bridgehead atoms. The highest BCUT2D eigenvalue weighted by Gasteiger charge is 2.17. The molecule has 1 N–H and O–H groups in total. The van der Waals surface area contributed by atoms with Crippen molar-refractivity contribution in [3.05, 3.63) is 23.7 Å². The number of carboxylic acid groups (broad SMARTS) is 1. The second-order valence-corrected chi connectivity index (χ2v) is 3.37. The highest BCUT2D eigenvalue weighted by molar-refractivity contribution is 5.84. The number of ether oxygens (including phenoxy) is 2. The molecule has 15 heavy (non-hydrogen) atoms. The number of aromatic carboxylic acids is 1. The fraction of sp³-hybridized carbons (Fsp3) is 0.500. The van der Waals surface area contributed by atoms with E-state index in [2.05, 4.69) is 0 Å². The molecule has 82 valence electrons. The van der Waals surface area contributed by atoms with Gasteiger partial charge < -0.3 is 19.0 Å². The van der Waals surface area contributed by atoms with E-state index in [0.29, 0.717) is 19.0 Å². The molecule has 2 heterocycles. The molecular weight excluding hydrogens is 200 g/mol. The molecule has 0 radical (unpaired) electrons. The molecular formula is C10H12O5. The van der Waals surface area contributed by atoms with Gasteiger partial charge in [0.25, 0.3) is 0 Å². The zero-order valence-corrected chi connectivity index (χ0v) is 8.14. The van der Waals surface area contributed by atoms with E-state index < -0.39 is 5.97 Å². The fourth-order valence-electron chi connectivity index (χ4n) is 1.41. The minimum atomic E-state index is -1.06. The molecule has 0 amide bonds. The quantitative estimate of drug-likeness (QED) is 0.814. The van der Waals surface area contributed by atoms with Crippen molar-refractivity contribution in [3.8, 4) is 0 Å². The molecule has 5 nitrogen and oxygen atoms in total. The molecule has 1 atom stereocenters. The fourth-order valence-corrected chi connectivity index (χ4v) is 1.41. The van der Waals surface area contributed by atoms with Gasteiger partial charge in [0, 0.05) is 6.61 Å². The Kier molecular flexibility index (Phi) is 3.03. The molecule has 1 aromatic heterocycles. The molecule has 0 aromatic carbocycles. The Hall–Kier alpha value is -1.33. The summed E-state index contributed by atoms with van der Waals surface area (Å²) in [6, 6.07) is 3.03. The number of rotatable bonds is 4. The van der Waals surface area contributed by atoms with Crippen molar-refractivity contribution in [3.63, 3.8) is 0 Å². The third kappa shape index (κ3) is 2.57. The predicted molar refractivity (Wildman–Crippen MR) is 49.7 cm³/mol. The topological polar surface area (TPSA) is 68.9 Å². The lowest BCUT2D eigenvalue weighted by Crippen LogP contribution is -2.11. The Morgan fingerprint density at radius 3 is 3.07 bits per heavy atom. The van der Waals surface area contributed by atoms with Crippen LogP contribution in [0.4, 0.5) is 0 Å². The van der Waals surface area contributed by atoms with E-state index in [1.54, 1.807) is 6.07 Å². The van der Waals surface area contributed by atoms with Gasteiger partial charge in [-0.2, -0.15) is 0 Å². The van der Waals surface area contributed by atoms with E-state index in [4.69, 9.17) is 19.0 Å². The SMILES string of the molecule is O=C(O)c1ccc(COC2CCOC2)o1. The maximum absolute atomic E-state index is 10.5. The normalized spacial score (nSPS) is 20.7. The Bertz CT molecular complexity index is 337. The highest BCUT2D eigenvalue weighted by Crippen LogP contribution is 2.13. The third-order valence-electron chi connectivity index (χ3n) is 2.22. The van der Waals surface area contributed by atoms with Gasteiger partial charge in [-0.05, 0) is 18.6 Å². The van der Waals surface area contributed by atoms with Gasteiger partial charge in [0.1, 0.15) is 12.4 Å². The summed E-state index contributed by atoms with van der Waals surface area (Å²) in [5.74, 6) is -0.596. The summed E-state index contributed by atoms with van der Waals surface area (Å²) in [6.45, 7) is 1.62. The first kappa shape index (κ1) is 10.2. The van der Waals surface area contributed by atoms with Gasteiger partial charge in [0.15, 0.2) is 0 Å². The lowest BCUT2D eigenvalue weighted by Gasteiger charge is -2.07. The Morgan fingerprint density at radius 2 is 2.47 bits per heavy atom. The monoisotopic (exact) mass is 212 g/mol. The van der Waals surface area contributed by atoms with Crippen LogP contribution >= 0.6 is 0 Å². The predicted octanol–water partition coefficient (Wildman–Crippen LogP) is 1.28. The van der Waals surface area contributed by atoms with Gasteiger partial charge in [0.05, 0.1) is 12.7 Å². The number of carboxylic acids is 1. The summed E-state index contributed by atoms with van der Waals surface area (Å²) in [5, 5.41) is 8.62. The van der Waals surface area contributed by atoms with Gasteiger partial charge in [-0.3, -0.25) is 0 Å². The van der Waals surface area contributed by atoms with Crippen LogP contribution in [0.15, 0.2) is 16.5 Å². The van der Waals surface area contributed by atoms with Gasteiger partial charge >= 0.3 is 5.97 Å². The molecule has 1 unspecified atom stereocenters. The van der Waals surface area contributed by atoms with Gasteiger partial charge in [-0.15, -0.1) is 0 Å². The molecule has 1 saturated heterocycles. The molecule has 5 heteroatoms. The van der Waals surface area contributed by atoms with Crippen molar-refractivity contribution in [2.24, 2.45) is 0 Å². The summed E-state index contributed by atoms with van der Waals surface area (Å²) in [4.78, 5) is 10.5. The molecule has 1 aliphatic heterocycles. The smallest absolute Gasteiger partial charge is 0.371 e. The summed E-state index contributed by atoms with van der Waals surface area (Å²) in [7, 11) is 0. The third-order valence-corrected chi connectivity index (χ3v) is 2.22. The summed E-state index contributed by atoms with van der Waals surface area (Å²) in [5.41, 5.74) is 0. The number of hydrogen-bond donors (Lipinski definition) is 1. The van der Waals surface area contributed by atoms with E-state index in [1.807, 2.05) is 0 Å². The molecule has 0 saturated carbocycles. The van der Waals surface area contributed by atoms with Gasteiger partial charge in [-0.1, -0.05) is 0 Å². The van der Waals surface area contributed by atoms with Crippen molar-refractivity contribution in [1.29, 1.82) is 0 Å². The van der Waals surface area contributed by atoms with Crippen LogP contribution in [0.3, 0.4) is 0 Å². The zero-order chi connectivity index (χ0) is 10.7. The van der Waals surface area contributed by atoms with E-state index in [0.717, 1.165) is 13.0 Å². The number of carbonyl (C=O) groups is 1. The standard InChI is InChI=1S/C10H12O5/c11-10(12)9-2-1-8(15-9)6-14-7-3-4-13-5-7/h1-2,7H,3-6H2,(H,11,12). The second kappa shape index (κ2) is 4.46. The first-order valence-corrected chi connectivity index (χ1v) is 4.77. The maximum Gasteiger partial charge on any atom is 0.371 e. The van der Waals surface area contributed by atoms with Crippen molar-refractivity contribution in [2.45, 2.75) is 19.1 Å². The van der Waals surface area contributed by atoms with Crippen molar-refractivity contribution in [1.82, 2.24) is 0 Å². The van der Waals surface area contributed by atoms with Gasteiger partial charge in [0.2, 0.25) is 5.76 Å². The average molecular weight is 212 g/mol. The van der Waals surface area contributed by atoms with E-state index >= 15 is 0 Å². The van der Waals surface area contributed by atoms with Crippen molar-refractivity contribution in [2.75, 3.05) is 13.2 Å². The first-order chi connectivity index (χ1) is 7.25. The minimum absolute atomic E-state index is 0.0590. The average Bonchev–Trinajstić information content (AvgIpc) is 2.86. The molecule has 1 aromatic rings. The van der Waals surface area contributed by atoms with Crippen LogP contribution < -0.4 is 0 Å². The largest absolute Gasteiger partial charge is 0.475 e. The van der Waals surface area contributed by atoms with Crippen LogP contribution in [0.5, 0.6) is 0 Å². The van der Waals surface area contributed by atoms with Gasteiger partial charge in [-0.25, -0.2) is 4.79 Å². The summed E-state index contributed by atoms with van der Waals surface area (Å²) < 4.78 is 15.6. The molecule has 2 rings (SSSR count). The second-order valence-electron chi connectivity index (χ2n) is 3.37. The molecule has 0 aliphatic carbocycles. The van der Waals surface area contributed by atoms with E-state index in [9.17, 15) is 4.79 Å². The van der Waals surface area contributed by atoms with E-state index in [1.165, 1.54) is 6.07 Å². The summed E-state index contributed by atoms with van der Waals surface area (Å²) in [6.07, 6.45) is 0.982. The number of hydrogen-bond acceptors (Lipinski definition) is 4. The first-order valence-electron chi connectivity index (χ1n) is 4.77. The van der Waals surface area contributed by atoms with Crippen LogP contribution in [0.2, 0.25) is 0 Å². The van der Waals surface area contributed by atoms with Crippen molar-refractivity contribution >= 4 is 5.97 Å². The minimum Gasteiger partial charge on any atom is -0.475 e. The van der Waals surface area contributed by atoms with Crippen LogP contribution in [0, 0.1) is 0 Å². The molecule has 1 fully saturated rings. The highest BCUT2D eigenvalue weighted by atomic mass is 16.5. The van der Waals surface area contributed by atoms with Crippen LogP contribution in [0.1, 0.15) is 22.7 Å².